The molecule has 2 aromatic carbocycles. The number of carbonyl (C=O) groups is 1. The highest BCUT2D eigenvalue weighted by atomic mass is 32.2. The summed E-state index contributed by atoms with van der Waals surface area (Å²) in [5.74, 6) is -0.237. The maximum Gasteiger partial charge on any atom is 0.251 e. The monoisotopic (exact) mass is 360 g/mol. The molecule has 1 saturated heterocycles. The molecule has 0 aliphatic carbocycles. The number of carbonyl (C=O) groups excluding carboxylic acids is 1. The van der Waals surface area contributed by atoms with Crippen molar-refractivity contribution in [1.29, 1.82) is 0 Å². The lowest BCUT2D eigenvalue weighted by Crippen LogP contribution is -2.40. The van der Waals surface area contributed by atoms with Gasteiger partial charge in [-0.2, -0.15) is 4.31 Å². The SMILES string of the molecule is O=C(NCc1ccccc1)c1ccc(S(=O)(=O)N2CCOCC2)cc1. The van der Waals surface area contributed by atoms with E-state index >= 15 is 0 Å². The van der Waals surface area contributed by atoms with Crippen LogP contribution >= 0.6 is 0 Å². The predicted molar refractivity (Wildman–Crippen MR) is 93.6 cm³/mol. The first kappa shape index (κ1) is 17.6. The minimum atomic E-state index is -3.54. The molecule has 1 fully saturated rings. The third-order valence-corrected chi connectivity index (χ3v) is 5.93. The summed E-state index contributed by atoms with van der Waals surface area (Å²) in [6, 6.07) is 15.6. The van der Waals surface area contributed by atoms with E-state index in [1.54, 1.807) is 0 Å². The lowest BCUT2D eigenvalue weighted by Gasteiger charge is -2.26. The Balaban J connectivity index is 1.66. The summed E-state index contributed by atoms with van der Waals surface area (Å²) >= 11 is 0. The average Bonchev–Trinajstić information content (AvgIpc) is 2.68. The largest absolute Gasteiger partial charge is 0.379 e. The minimum Gasteiger partial charge on any atom is -0.379 e. The standard InChI is InChI=1S/C18H20N2O4S/c21-18(19-14-15-4-2-1-3-5-15)16-6-8-17(9-7-16)25(22,23)20-10-12-24-13-11-20/h1-9H,10-14H2,(H,19,21). The molecule has 1 amide bonds. The Morgan fingerprint density at radius 3 is 2.28 bits per heavy atom. The summed E-state index contributed by atoms with van der Waals surface area (Å²) < 4.78 is 31.7. The van der Waals surface area contributed by atoms with E-state index in [0.717, 1.165) is 5.56 Å². The van der Waals surface area contributed by atoms with Gasteiger partial charge in [0.1, 0.15) is 0 Å². The van der Waals surface area contributed by atoms with E-state index in [-0.39, 0.29) is 10.8 Å². The quantitative estimate of drug-likeness (QED) is 0.879. The van der Waals surface area contributed by atoms with Gasteiger partial charge in [-0.05, 0) is 29.8 Å². The van der Waals surface area contributed by atoms with E-state index in [2.05, 4.69) is 5.32 Å². The van der Waals surface area contributed by atoms with E-state index in [0.29, 0.717) is 38.4 Å². The molecule has 0 radical (unpaired) electrons. The number of rotatable bonds is 5. The Labute approximate surface area is 147 Å². The van der Waals surface area contributed by atoms with Gasteiger partial charge in [-0.25, -0.2) is 8.42 Å². The summed E-state index contributed by atoms with van der Waals surface area (Å²) in [6.07, 6.45) is 0. The molecule has 1 N–H and O–H groups in total. The molecule has 0 bridgehead atoms. The third-order valence-electron chi connectivity index (χ3n) is 4.02. The lowest BCUT2D eigenvalue weighted by molar-refractivity contribution is 0.0730. The maximum absolute atomic E-state index is 12.5. The molecule has 1 aliphatic rings. The highest BCUT2D eigenvalue weighted by Gasteiger charge is 2.26. The van der Waals surface area contributed by atoms with Crippen LogP contribution < -0.4 is 5.32 Å². The Bertz CT molecular complexity index is 814. The van der Waals surface area contributed by atoms with Crippen molar-refractivity contribution in [2.45, 2.75) is 11.4 Å². The zero-order chi connectivity index (χ0) is 17.7. The zero-order valence-corrected chi connectivity index (χ0v) is 14.5. The molecule has 0 unspecified atom stereocenters. The number of hydrogen-bond acceptors (Lipinski definition) is 4. The van der Waals surface area contributed by atoms with Crippen LogP contribution in [0.15, 0.2) is 59.5 Å². The molecule has 2 aromatic rings. The summed E-state index contributed by atoms with van der Waals surface area (Å²) in [7, 11) is -3.54. The molecule has 0 aromatic heterocycles. The van der Waals surface area contributed by atoms with Crippen molar-refractivity contribution >= 4 is 15.9 Å². The molecule has 132 valence electrons. The Morgan fingerprint density at radius 1 is 1.00 bits per heavy atom. The highest BCUT2D eigenvalue weighted by Crippen LogP contribution is 2.17. The van der Waals surface area contributed by atoms with Crippen LogP contribution in [0.4, 0.5) is 0 Å². The smallest absolute Gasteiger partial charge is 0.251 e. The lowest BCUT2D eigenvalue weighted by atomic mass is 10.2. The topological polar surface area (TPSA) is 75.7 Å². The van der Waals surface area contributed by atoms with Gasteiger partial charge in [-0.15, -0.1) is 0 Å². The van der Waals surface area contributed by atoms with Gasteiger partial charge >= 0.3 is 0 Å². The third kappa shape index (κ3) is 4.25. The van der Waals surface area contributed by atoms with E-state index in [9.17, 15) is 13.2 Å². The first-order chi connectivity index (χ1) is 12.1. The van der Waals surface area contributed by atoms with Crippen molar-refractivity contribution < 1.29 is 17.9 Å². The first-order valence-corrected chi connectivity index (χ1v) is 9.51. The maximum atomic E-state index is 12.5. The minimum absolute atomic E-state index is 0.189. The molecule has 7 heteroatoms. The van der Waals surface area contributed by atoms with Crippen LogP contribution in [0.3, 0.4) is 0 Å². The Morgan fingerprint density at radius 2 is 1.64 bits per heavy atom. The molecule has 1 heterocycles. The molecule has 25 heavy (non-hydrogen) atoms. The van der Waals surface area contributed by atoms with Gasteiger partial charge in [0, 0.05) is 25.2 Å². The Hall–Kier alpha value is -2.22. The zero-order valence-electron chi connectivity index (χ0n) is 13.7. The summed E-state index contributed by atoms with van der Waals surface area (Å²) in [6.45, 7) is 1.93. The van der Waals surface area contributed by atoms with Crippen molar-refractivity contribution in [3.05, 3.63) is 65.7 Å². The number of morpholine rings is 1. The molecule has 3 rings (SSSR count). The number of sulfonamides is 1. The van der Waals surface area contributed by atoms with Crippen LogP contribution in [-0.4, -0.2) is 44.9 Å². The van der Waals surface area contributed by atoms with Crippen molar-refractivity contribution in [2.75, 3.05) is 26.3 Å². The summed E-state index contributed by atoms with van der Waals surface area (Å²) in [5.41, 5.74) is 1.43. The van der Waals surface area contributed by atoms with Crippen molar-refractivity contribution in [3.63, 3.8) is 0 Å². The average molecular weight is 360 g/mol. The number of nitrogens with zero attached hydrogens (tertiary/aromatic N) is 1. The molecular weight excluding hydrogens is 340 g/mol. The van der Waals surface area contributed by atoms with Crippen LogP contribution in [0, 0.1) is 0 Å². The fourth-order valence-corrected chi connectivity index (χ4v) is 4.00. The summed E-state index contributed by atoms with van der Waals surface area (Å²) in [5, 5.41) is 2.82. The van der Waals surface area contributed by atoms with E-state index in [1.807, 2.05) is 30.3 Å². The predicted octanol–water partition coefficient (Wildman–Crippen LogP) is 1.64. The molecule has 0 saturated carbocycles. The normalized spacial score (nSPS) is 15.7. The molecule has 6 nitrogen and oxygen atoms in total. The van der Waals surface area contributed by atoms with Crippen molar-refractivity contribution in [1.82, 2.24) is 9.62 Å². The fraction of sp³-hybridized carbons (Fsp3) is 0.278. The number of hydrogen-bond donors (Lipinski definition) is 1. The van der Waals surface area contributed by atoms with E-state index < -0.39 is 10.0 Å². The van der Waals surface area contributed by atoms with E-state index in [4.69, 9.17) is 4.74 Å². The molecule has 0 spiro atoms. The number of benzene rings is 2. The van der Waals surface area contributed by atoms with Crippen LogP contribution in [0.1, 0.15) is 15.9 Å². The van der Waals surface area contributed by atoms with Crippen LogP contribution in [0.2, 0.25) is 0 Å². The van der Waals surface area contributed by atoms with Crippen LogP contribution in [-0.2, 0) is 21.3 Å². The summed E-state index contributed by atoms with van der Waals surface area (Å²) in [4.78, 5) is 12.4. The van der Waals surface area contributed by atoms with Gasteiger partial charge in [-0.3, -0.25) is 4.79 Å². The Kier molecular flexibility index (Phi) is 5.47. The fourth-order valence-electron chi connectivity index (χ4n) is 2.59. The number of nitrogens with one attached hydrogen (secondary N) is 1. The number of amides is 1. The van der Waals surface area contributed by atoms with Gasteiger partial charge in [0.25, 0.3) is 5.91 Å². The van der Waals surface area contributed by atoms with E-state index in [1.165, 1.54) is 28.6 Å². The van der Waals surface area contributed by atoms with Crippen molar-refractivity contribution in [3.8, 4) is 0 Å². The van der Waals surface area contributed by atoms with Crippen LogP contribution in [0.5, 0.6) is 0 Å². The second-order valence-corrected chi connectivity index (χ2v) is 7.65. The first-order valence-electron chi connectivity index (χ1n) is 8.07. The molecule has 0 atom stereocenters. The van der Waals surface area contributed by atoms with Gasteiger partial charge < -0.3 is 10.1 Å². The highest BCUT2D eigenvalue weighted by molar-refractivity contribution is 7.89. The van der Waals surface area contributed by atoms with Gasteiger partial charge in [0.05, 0.1) is 18.1 Å². The van der Waals surface area contributed by atoms with Gasteiger partial charge in [-0.1, -0.05) is 30.3 Å². The van der Waals surface area contributed by atoms with Gasteiger partial charge in [0.2, 0.25) is 10.0 Å². The molecule has 1 aliphatic heterocycles. The van der Waals surface area contributed by atoms with Crippen LogP contribution in [0.25, 0.3) is 0 Å². The van der Waals surface area contributed by atoms with Gasteiger partial charge in [0.15, 0.2) is 0 Å². The number of ether oxygens (including phenoxy) is 1. The molecular formula is C18H20N2O4S. The van der Waals surface area contributed by atoms with Crippen molar-refractivity contribution in [2.24, 2.45) is 0 Å². The second kappa shape index (κ2) is 7.77. The second-order valence-electron chi connectivity index (χ2n) is 5.71.